The Morgan fingerprint density at radius 1 is 1.40 bits per heavy atom. The molecule has 1 aromatic carbocycles. The maximum Gasteiger partial charge on any atom is 0.242 e. The summed E-state index contributed by atoms with van der Waals surface area (Å²) in [6, 6.07) is 4.89. The number of halogens is 3. The molecule has 82 valence electrons. The minimum Gasteiger partial charge on any atom is -0.355 e. The standard InChI is InChI=1S/C10H10Cl3NO/c1-2-14-10(15)9(13)6-3-4-7(11)8(12)5-6/h3-5,9H,2H2,1H3,(H,14,15). The summed E-state index contributed by atoms with van der Waals surface area (Å²) in [6.45, 7) is 2.37. The van der Waals surface area contributed by atoms with Crippen LogP contribution in [0.1, 0.15) is 17.9 Å². The fraction of sp³-hybridized carbons (Fsp3) is 0.300. The summed E-state index contributed by atoms with van der Waals surface area (Å²) < 4.78 is 0. The van der Waals surface area contributed by atoms with Crippen LogP contribution in [0.2, 0.25) is 10.0 Å². The molecule has 0 saturated carbocycles. The SMILES string of the molecule is CCNC(=O)C(Cl)c1ccc(Cl)c(Cl)c1. The van der Waals surface area contributed by atoms with Gasteiger partial charge in [-0.1, -0.05) is 29.3 Å². The van der Waals surface area contributed by atoms with Gasteiger partial charge in [0, 0.05) is 6.54 Å². The van der Waals surface area contributed by atoms with Crippen molar-refractivity contribution in [2.75, 3.05) is 6.54 Å². The smallest absolute Gasteiger partial charge is 0.242 e. The highest BCUT2D eigenvalue weighted by atomic mass is 35.5. The zero-order valence-corrected chi connectivity index (χ0v) is 10.3. The van der Waals surface area contributed by atoms with Gasteiger partial charge in [-0.2, -0.15) is 0 Å². The molecule has 0 aliphatic rings. The van der Waals surface area contributed by atoms with Gasteiger partial charge in [0.15, 0.2) is 0 Å². The summed E-state index contributed by atoms with van der Waals surface area (Å²) in [5.74, 6) is -0.238. The van der Waals surface area contributed by atoms with Crippen LogP contribution in [0.5, 0.6) is 0 Å². The molecule has 1 amide bonds. The number of alkyl halides is 1. The second-order valence-corrected chi connectivity index (χ2v) is 4.18. The molecule has 5 heteroatoms. The fourth-order valence-electron chi connectivity index (χ4n) is 1.09. The van der Waals surface area contributed by atoms with E-state index in [0.717, 1.165) is 0 Å². The van der Waals surface area contributed by atoms with Gasteiger partial charge in [0.2, 0.25) is 5.91 Å². The zero-order valence-electron chi connectivity index (χ0n) is 8.06. The van der Waals surface area contributed by atoms with Crippen molar-refractivity contribution in [3.8, 4) is 0 Å². The van der Waals surface area contributed by atoms with E-state index in [9.17, 15) is 4.79 Å². The Morgan fingerprint density at radius 2 is 2.07 bits per heavy atom. The minimum atomic E-state index is -0.736. The average Bonchev–Trinajstić information content (AvgIpc) is 2.21. The number of carbonyl (C=O) groups is 1. The van der Waals surface area contributed by atoms with Gasteiger partial charge in [0.1, 0.15) is 5.38 Å². The number of amides is 1. The average molecular weight is 267 g/mol. The maximum absolute atomic E-state index is 11.4. The lowest BCUT2D eigenvalue weighted by atomic mass is 10.1. The van der Waals surface area contributed by atoms with Gasteiger partial charge in [-0.25, -0.2) is 0 Å². The predicted molar refractivity (Wildman–Crippen MR) is 63.7 cm³/mol. The largest absolute Gasteiger partial charge is 0.355 e. The third-order valence-corrected chi connectivity index (χ3v) is 3.01. The van der Waals surface area contributed by atoms with Crippen molar-refractivity contribution >= 4 is 40.7 Å². The molecule has 2 nitrogen and oxygen atoms in total. The molecule has 0 aliphatic heterocycles. The molecule has 0 saturated heterocycles. The van der Waals surface area contributed by atoms with E-state index in [1.165, 1.54) is 0 Å². The van der Waals surface area contributed by atoms with E-state index in [0.29, 0.717) is 22.2 Å². The molecule has 0 bridgehead atoms. The molecule has 0 aromatic heterocycles. The highest BCUT2D eigenvalue weighted by Gasteiger charge is 2.17. The Kier molecular flexibility index (Phi) is 4.71. The maximum atomic E-state index is 11.4. The topological polar surface area (TPSA) is 29.1 Å². The quantitative estimate of drug-likeness (QED) is 0.835. The van der Waals surface area contributed by atoms with Crippen LogP contribution in [0, 0.1) is 0 Å². The van der Waals surface area contributed by atoms with Crippen LogP contribution < -0.4 is 5.32 Å². The minimum absolute atomic E-state index is 0.238. The third kappa shape index (κ3) is 3.26. The van der Waals surface area contributed by atoms with Crippen molar-refractivity contribution in [2.24, 2.45) is 0 Å². The molecule has 1 rings (SSSR count). The second kappa shape index (κ2) is 5.59. The lowest BCUT2D eigenvalue weighted by Gasteiger charge is -2.10. The van der Waals surface area contributed by atoms with Crippen molar-refractivity contribution in [2.45, 2.75) is 12.3 Å². The summed E-state index contributed by atoms with van der Waals surface area (Å²) in [7, 11) is 0. The summed E-state index contributed by atoms with van der Waals surface area (Å²) >= 11 is 17.5. The van der Waals surface area contributed by atoms with E-state index >= 15 is 0 Å². The van der Waals surface area contributed by atoms with E-state index in [2.05, 4.69) is 5.32 Å². The van der Waals surface area contributed by atoms with Crippen molar-refractivity contribution < 1.29 is 4.79 Å². The number of nitrogens with one attached hydrogen (secondary N) is 1. The van der Waals surface area contributed by atoms with Crippen LogP contribution >= 0.6 is 34.8 Å². The Labute approximate surface area is 104 Å². The molecular formula is C10H10Cl3NO. The molecular weight excluding hydrogens is 256 g/mol. The number of hydrogen-bond acceptors (Lipinski definition) is 1. The van der Waals surface area contributed by atoms with Crippen LogP contribution in [-0.2, 0) is 4.79 Å². The molecule has 0 spiro atoms. The molecule has 1 N–H and O–H groups in total. The fourth-order valence-corrected chi connectivity index (χ4v) is 1.60. The third-order valence-electron chi connectivity index (χ3n) is 1.82. The Morgan fingerprint density at radius 3 is 2.60 bits per heavy atom. The van der Waals surface area contributed by atoms with Gasteiger partial charge in [-0.05, 0) is 24.6 Å². The monoisotopic (exact) mass is 265 g/mol. The first-order chi connectivity index (χ1) is 7.06. The van der Waals surface area contributed by atoms with Gasteiger partial charge >= 0.3 is 0 Å². The van der Waals surface area contributed by atoms with E-state index in [-0.39, 0.29) is 5.91 Å². The van der Waals surface area contributed by atoms with Gasteiger partial charge in [-0.3, -0.25) is 4.79 Å². The Hall–Kier alpha value is -0.440. The molecule has 1 aromatic rings. The van der Waals surface area contributed by atoms with Crippen molar-refractivity contribution in [1.29, 1.82) is 0 Å². The normalized spacial score (nSPS) is 12.3. The van der Waals surface area contributed by atoms with Crippen molar-refractivity contribution in [3.05, 3.63) is 33.8 Å². The summed E-state index contributed by atoms with van der Waals surface area (Å²) in [4.78, 5) is 11.4. The summed E-state index contributed by atoms with van der Waals surface area (Å²) in [6.07, 6.45) is 0. The molecule has 0 fully saturated rings. The van der Waals surface area contributed by atoms with E-state index in [4.69, 9.17) is 34.8 Å². The van der Waals surface area contributed by atoms with Gasteiger partial charge in [0.05, 0.1) is 10.0 Å². The van der Waals surface area contributed by atoms with E-state index in [1.807, 2.05) is 6.92 Å². The van der Waals surface area contributed by atoms with E-state index in [1.54, 1.807) is 18.2 Å². The van der Waals surface area contributed by atoms with Crippen LogP contribution in [0.4, 0.5) is 0 Å². The lowest BCUT2D eigenvalue weighted by molar-refractivity contribution is -0.120. The van der Waals surface area contributed by atoms with Crippen molar-refractivity contribution in [1.82, 2.24) is 5.32 Å². The Balaban J connectivity index is 2.86. The molecule has 15 heavy (non-hydrogen) atoms. The van der Waals surface area contributed by atoms with Crippen LogP contribution in [0.25, 0.3) is 0 Å². The highest BCUT2D eigenvalue weighted by molar-refractivity contribution is 6.42. The summed E-state index contributed by atoms with van der Waals surface area (Å²) in [5, 5.41) is 2.73. The first-order valence-electron chi connectivity index (χ1n) is 4.43. The Bertz CT molecular complexity index is 368. The molecule has 0 aliphatic carbocycles. The van der Waals surface area contributed by atoms with Gasteiger partial charge in [0.25, 0.3) is 0 Å². The number of carbonyl (C=O) groups excluding carboxylic acids is 1. The summed E-state index contributed by atoms with van der Waals surface area (Å²) in [5.41, 5.74) is 0.636. The van der Waals surface area contributed by atoms with Crippen molar-refractivity contribution in [3.63, 3.8) is 0 Å². The number of hydrogen-bond donors (Lipinski definition) is 1. The molecule has 0 radical (unpaired) electrons. The highest BCUT2D eigenvalue weighted by Crippen LogP contribution is 2.28. The molecule has 1 unspecified atom stereocenters. The van der Waals surface area contributed by atoms with Gasteiger partial charge < -0.3 is 5.32 Å². The molecule has 1 atom stereocenters. The zero-order chi connectivity index (χ0) is 11.4. The lowest BCUT2D eigenvalue weighted by Crippen LogP contribution is -2.26. The number of rotatable bonds is 3. The number of likely N-dealkylation sites (N-methyl/N-ethyl adjacent to an activating group) is 1. The first-order valence-corrected chi connectivity index (χ1v) is 5.62. The first kappa shape index (κ1) is 12.6. The molecule has 0 heterocycles. The van der Waals surface area contributed by atoms with Crippen LogP contribution in [0.3, 0.4) is 0 Å². The second-order valence-electron chi connectivity index (χ2n) is 2.93. The predicted octanol–water partition coefficient (Wildman–Crippen LogP) is 3.41. The number of benzene rings is 1. The van der Waals surface area contributed by atoms with Gasteiger partial charge in [-0.15, -0.1) is 11.6 Å². The van der Waals surface area contributed by atoms with Crippen LogP contribution in [-0.4, -0.2) is 12.5 Å². The van der Waals surface area contributed by atoms with E-state index < -0.39 is 5.38 Å². The van der Waals surface area contributed by atoms with Crippen LogP contribution in [0.15, 0.2) is 18.2 Å².